The lowest BCUT2D eigenvalue weighted by Crippen LogP contribution is -2.52. The highest BCUT2D eigenvalue weighted by Crippen LogP contribution is 2.28. The van der Waals surface area contributed by atoms with Crippen molar-refractivity contribution in [3.8, 4) is 0 Å². The molecule has 7 nitrogen and oxygen atoms in total. The van der Waals surface area contributed by atoms with E-state index in [9.17, 15) is 14.4 Å². The topological polar surface area (TPSA) is 105 Å². The first kappa shape index (κ1) is 18.5. The van der Waals surface area contributed by atoms with Crippen LogP contribution in [0.25, 0.3) is 0 Å². The molecule has 2 aliphatic heterocycles. The van der Waals surface area contributed by atoms with Gasteiger partial charge in [0.2, 0.25) is 11.8 Å². The van der Waals surface area contributed by atoms with E-state index in [-0.39, 0.29) is 29.7 Å². The smallest absolute Gasteiger partial charge is 0.255 e. The Kier molecular flexibility index (Phi) is 5.11. The van der Waals surface area contributed by atoms with Gasteiger partial charge in [-0.3, -0.25) is 19.7 Å². The predicted molar refractivity (Wildman–Crippen MR) is 97.1 cm³/mol. The summed E-state index contributed by atoms with van der Waals surface area (Å²) in [6, 6.07) is 5.22. The van der Waals surface area contributed by atoms with Crippen molar-refractivity contribution in [3.63, 3.8) is 0 Å². The maximum atomic E-state index is 12.7. The number of amides is 3. The summed E-state index contributed by atoms with van der Waals surface area (Å²) in [6.45, 7) is 5.94. The van der Waals surface area contributed by atoms with Gasteiger partial charge < -0.3 is 16.0 Å². The molecule has 1 aromatic carbocycles. The summed E-state index contributed by atoms with van der Waals surface area (Å²) in [4.78, 5) is 37.7. The van der Waals surface area contributed by atoms with Crippen LogP contribution in [0.1, 0.15) is 54.6 Å². The van der Waals surface area contributed by atoms with Gasteiger partial charge >= 0.3 is 0 Å². The Morgan fingerprint density at radius 2 is 2.08 bits per heavy atom. The summed E-state index contributed by atoms with van der Waals surface area (Å²) in [5, 5.41) is 5.81. The van der Waals surface area contributed by atoms with E-state index in [1.165, 1.54) is 0 Å². The van der Waals surface area contributed by atoms with Gasteiger partial charge in [-0.2, -0.15) is 0 Å². The van der Waals surface area contributed by atoms with Crippen LogP contribution in [-0.2, 0) is 22.7 Å². The fraction of sp³-hybridized carbons (Fsp3) is 0.526. The van der Waals surface area contributed by atoms with Crippen LogP contribution in [0.3, 0.4) is 0 Å². The number of carbonyl (C=O) groups is 3. The summed E-state index contributed by atoms with van der Waals surface area (Å²) < 4.78 is 0. The minimum absolute atomic E-state index is 0.0532. The number of nitrogens with zero attached hydrogens (tertiary/aromatic N) is 1. The lowest BCUT2D eigenvalue weighted by molar-refractivity contribution is -0.136. The fourth-order valence-electron chi connectivity index (χ4n) is 3.53. The molecule has 140 valence electrons. The third-order valence-electron chi connectivity index (χ3n) is 5.13. The van der Waals surface area contributed by atoms with Gasteiger partial charge in [0.05, 0.1) is 0 Å². The number of nitrogens with one attached hydrogen (secondary N) is 2. The van der Waals surface area contributed by atoms with E-state index in [4.69, 9.17) is 5.73 Å². The zero-order chi connectivity index (χ0) is 18.9. The van der Waals surface area contributed by atoms with Crippen LogP contribution >= 0.6 is 0 Å². The largest absolute Gasteiger partial charge is 0.330 e. The Morgan fingerprint density at radius 1 is 1.31 bits per heavy atom. The summed E-state index contributed by atoms with van der Waals surface area (Å²) in [5.41, 5.74) is 8.24. The monoisotopic (exact) mass is 358 g/mol. The molecule has 2 aliphatic rings. The molecule has 1 saturated heterocycles. The first-order valence-corrected chi connectivity index (χ1v) is 9.02. The van der Waals surface area contributed by atoms with Crippen molar-refractivity contribution >= 4 is 17.7 Å². The highest BCUT2D eigenvalue weighted by Gasteiger charge is 2.39. The number of carbonyl (C=O) groups excluding carboxylic acids is 3. The lowest BCUT2D eigenvalue weighted by Gasteiger charge is -2.29. The van der Waals surface area contributed by atoms with Crippen molar-refractivity contribution in [2.45, 2.75) is 57.8 Å². The Morgan fingerprint density at radius 3 is 2.77 bits per heavy atom. The maximum Gasteiger partial charge on any atom is 0.255 e. The van der Waals surface area contributed by atoms with Gasteiger partial charge in [-0.05, 0) is 50.4 Å². The molecule has 4 N–H and O–H groups in total. The van der Waals surface area contributed by atoms with E-state index in [0.717, 1.165) is 17.5 Å². The van der Waals surface area contributed by atoms with Crippen molar-refractivity contribution in [2.24, 2.45) is 5.73 Å². The number of hydrogen-bond donors (Lipinski definition) is 3. The zero-order valence-corrected chi connectivity index (χ0v) is 15.3. The molecule has 0 spiro atoms. The zero-order valence-electron chi connectivity index (χ0n) is 15.3. The van der Waals surface area contributed by atoms with Gasteiger partial charge in [0.15, 0.2) is 0 Å². The first-order valence-electron chi connectivity index (χ1n) is 9.02. The molecule has 1 fully saturated rings. The molecule has 2 heterocycles. The second-order valence-electron chi connectivity index (χ2n) is 7.67. The van der Waals surface area contributed by atoms with Crippen LogP contribution in [0.4, 0.5) is 0 Å². The van der Waals surface area contributed by atoms with Crippen molar-refractivity contribution in [3.05, 3.63) is 34.9 Å². The van der Waals surface area contributed by atoms with Gasteiger partial charge in [-0.25, -0.2) is 0 Å². The third-order valence-corrected chi connectivity index (χ3v) is 5.13. The van der Waals surface area contributed by atoms with Crippen LogP contribution in [0.2, 0.25) is 0 Å². The van der Waals surface area contributed by atoms with E-state index in [2.05, 4.69) is 24.5 Å². The summed E-state index contributed by atoms with van der Waals surface area (Å²) in [7, 11) is 0. The summed E-state index contributed by atoms with van der Waals surface area (Å²) >= 11 is 0. The van der Waals surface area contributed by atoms with E-state index in [0.29, 0.717) is 31.6 Å². The summed E-state index contributed by atoms with van der Waals surface area (Å²) in [6.07, 6.45) is 1.52. The van der Waals surface area contributed by atoms with Gasteiger partial charge in [0.25, 0.3) is 5.91 Å². The molecule has 26 heavy (non-hydrogen) atoms. The molecule has 7 heteroatoms. The molecule has 0 aliphatic carbocycles. The number of imide groups is 1. The molecule has 1 atom stereocenters. The Balaban J connectivity index is 1.70. The van der Waals surface area contributed by atoms with Gasteiger partial charge in [0, 0.05) is 30.6 Å². The highest BCUT2D eigenvalue weighted by molar-refractivity contribution is 6.05. The van der Waals surface area contributed by atoms with Gasteiger partial charge in [-0.15, -0.1) is 0 Å². The Bertz CT molecular complexity index is 744. The number of piperidine rings is 1. The van der Waals surface area contributed by atoms with Crippen LogP contribution in [0.5, 0.6) is 0 Å². The lowest BCUT2D eigenvalue weighted by atomic mass is 9.99. The second kappa shape index (κ2) is 7.17. The molecule has 3 amide bonds. The van der Waals surface area contributed by atoms with Gasteiger partial charge in [-0.1, -0.05) is 12.1 Å². The standard InChI is InChI=1S/C19H26N4O3/c1-19(2,7-8-20)21-10-12-3-4-14-13(9-12)11-23(18(14)26)15-5-6-16(24)22-17(15)25/h3-4,9,15,21H,5-8,10-11,20H2,1-2H3,(H,22,24,25). The van der Waals surface area contributed by atoms with E-state index in [1.807, 2.05) is 18.2 Å². The fourth-order valence-corrected chi connectivity index (χ4v) is 3.53. The van der Waals surface area contributed by atoms with E-state index in [1.54, 1.807) is 4.90 Å². The molecular formula is C19H26N4O3. The Labute approximate surface area is 153 Å². The number of benzene rings is 1. The minimum atomic E-state index is -0.572. The molecule has 0 aromatic heterocycles. The maximum absolute atomic E-state index is 12.7. The highest BCUT2D eigenvalue weighted by atomic mass is 16.2. The molecule has 3 rings (SSSR count). The molecule has 1 unspecified atom stereocenters. The van der Waals surface area contributed by atoms with Crippen molar-refractivity contribution in [2.75, 3.05) is 6.54 Å². The Hall–Kier alpha value is -2.25. The summed E-state index contributed by atoms with van der Waals surface area (Å²) in [5.74, 6) is -0.797. The van der Waals surface area contributed by atoms with Crippen LogP contribution < -0.4 is 16.4 Å². The van der Waals surface area contributed by atoms with Crippen LogP contribution in [0, 0.1) is 0 Å². The SMILES string of the molecule is CC(C)(CCN)NCc1ccc2c(c1)CN(C1CCC(=O)NC1=O)C2=O. The number of nitrogens with two attached hydrogens (primary N) is 1. The molecule has 1 aromatic rings. The normalized spacial score (nSPS) is 20.3. The van der Waals surface area contributed by atoms with Crippen molar-refractivity contribution in [1.29, 1.82) is 0 Å². The minimum Gasteiger partial charge on any atom is -0.330 e. The molecule has 0 radical (unpaired) electrons. The second-order valence-corrected chi connectivity index (χ2v) is 7.67. The molecule has 0 saturated carbocycles. The van der Waals surface area contributed by atoms with Crippen LogP contribution in [0.15, 0.2) is 18.2 Å². The van der Waals surface area contributed by atoms with Crippen molar-refractivity contribution in [1.82, 2.24) is 15.5 Å². The third kappa shape index (κ3) is 3.78. The van der Waals surface area contributed by atoms with Crippen molar-refractivity contribution < 1.29 is 14.4 Å². The van der Waals surface area contributed by atoms with Crippen LogP contribution in [-0.4, -0.2) is 40.7 Å². The first-order chi connectivity index (χ1) is 12.3. The number of hydrogen-bond acceptors (Lipinski definition) is 5. The molecule has 0 bridgehead atoms. The number of fused-ring (bicyclic) bond motifs is 1. The van der Waals surface area contributed by atoms with Gasteiger partial charge in [0.1, 0.15) is 6.04 Å². The average molecular weight is 358 g/mol. The predicted octanol–water partition coefficient (Wildman–Crippen LogP) is 0.665. The van der Waals surface area contributed by atoms with E-state index < -0.39 is 6.04 Å². The molecular weight excluding hydrogens is 332 g/mol. The quantitative estimate of drug-likeness (QED) is 0.648. The average Bonchev–Trinajstić information content (AvgIpc) is 2.89. The van der Waals surface area contributed by atoms with E-state index >= 15 is 0 Å². The number of rotatable bonds is 6.